The summed E-state index contributed by atoms with van der Waals surface area (Å²) in [7, 11) is 1.56. The van der Waals surface area contributed by atoms with Crippen molar-refractivity contribution in [1.29, 1.82) is 0 Å². The van der Waals surface area contributed by atoms with Crippen LogP contribution < -0.4 is 5.32 Å². The minimum Gasteiger partial charge on any atom is -0.364 e. The molecule has 0 bridgehead atoms. The largest absolute Gasteiger partial charge is 0.364 e. The predicted octanol–water partition coefficient (Wildman–Crippen LogP) is 2.31. The van der Waals surface area contributed by atoms with Gasteiger partial charge in [0.15, 0.2) is 5.60 Å². The van der Waals surface area contributed by atoms with Crippen LogP contribution >= 0.6 is 0 Å². The van der Waals surface area contributed by atoms with E-state index in [-0.39, 0.29) is 23.8 Å². The summed E-state index contributed by atoms with van der Waals surface area (Å²) in [4.78, 5) is 26.9. The average molecular weight is 332 g/mol. The summed E-state index contributed by atoms with van der Waals surface area (Å²) in [6, 6.07) is 9.69. The Kier molecular flexibility index (Phi) is 5.99. The number of hydrogen-bond donors (Lipinski definition) is 1. The van der Waals surface area contributed by atoms with Crippen LogP contribution in [0.3, 0.4) is 0 Å². The Morgan fingerprint density at radius 3 is 2.29 bits per heavy atom. The number of carbonyl (C=O) groups excluding carboxylic acids is 2. The highest BCUT2D eigenvalue weighted by atomic mass is 16.5. The highest BCUT2D eigenvalue weighted by molar-refractivity contribution is 5.87. The number of nitrogens with one attached hydrogen (secondary N) is 1. The van der Waals surface area contributed by atoms with Crippen molar-refractivity contribution in [3.63, 3.8) is 0 Å². The maximum absolute atomic E-state index is 13.0. The molecule has 1 aliphatic heterocycles. The first-order valence-corrected chi connectivity index (χ1v) is 8.59. The average Bonchev–Trinajstić information content (AvgIpc) is 2.60. The molecule has 0 spiro atoms. The summed E-state index contributed by atoms with van der Waals surface area (Å²) in [5.74, 6) is 0.0376. The lowest BCUT2D eigenvalue weighted by Crippen LogP contribution is -2.50. The van der Waals surface area contributed by atoms with Crippen molar-refractivity contribution in [2.45, 2.75) is 45.3 Å². The molecule has 1 atom stereocenters. The number of likely N-dealkylation sites (tertiary alicyclic amines) is 1. The predicted molar refractivity (Wildman–Crippen MR) is 93.4 cm³/mol. The molecule has 0 saturated carbocycles. The van der Waals surface area contributed by atoms with Crippen LogP contribution in [0.5, 0.6) is 0 Å². The molecular weight excluding hydrogens is 304 g/mol. The number of benzene rings is 1. The van der Waals surface area contributed by atoms with E-state index < -0.39 is 5.60 Å². The second-order valence-electron chi connectivity index (χ2n) is 6.83. The van der Waals surface area contributed by atoms with Crippen molar-refractivity contribution < 1.29 is 14.3 Å². The van der Waals surface area contributed by atoms with Gasteiger partial charge in [0.05, 0.1) is 0 Å². The van der Waals surface area contributed by atoms with Gasteiger partial charge in [-0.3, -0.25) is 9.59 Å². The molecule has 0 aliphatic carbocycles. The van der Waals surface area contributed by atoms with Gasteiger partial charge in [0.2, 0.25) is 5.91 Å². The van der Waals surface area contributed by atoms with Crippen molar-refractivity contribution in [1.82, 2.24) is 10.2 Å². The van der Waals surface area contributed by atoms with Crippen molar-refractivity contribution in [2.24, 2.45) is 5.92 Å². The van der Waals surface area contributed by atoms with E-state index >= 15 is 0 Å². The molecule has 0 radical (unpaired) electrons. The Bertz CT molecular complexity index is 565. The standard InChI is InChI=1S/C19H28N2O3/c1-14(2)20-17(22)15-10-12-21(13-11-15)18(23)19(3,24-4)16-8-6-5-7-9-16/h5-9,14-15H,10-13H2,1-4H3,(H,20,22). The maximum atomic E-state index is 13.0. The second-order valence-corrected chi connectivity index (χ2v) is 6.83. The number of rotatable bonds is 5. The van der Waals surface area contributed by atoms with Gasteiger partial charge in [-0.25, -0.2) is 0 Å². The first-order valence-electron chi connectivity index (χ1n) is 8.59. The molecular formula is C19H28N2O3. The van der Waals surface area contributed by atoms with E-state index in [9.17, 15) is 9.59 Å². The van der Waals surface area contributed by atoms with E-state index in [4.69, 9.17) is 4.74 Å². The number of nitrogens with zero attached hydrogens (tertiary/aromatic N) is 1. The molecule has 5 nitrogen and oxygen atoms in total. The molecule has 5 heteroatoms. The molecule has 24 heavy (non-hydrogen) atoms. The molecule has 2 amide bonds. The zero-order chi connectivity index (χ0) is 17.7. The van der Waals surface area contributed by atoms with Gasteiger partial charge in [-0.1, -0.05) is 30.3 Å². The smallest absolute Gasteiger partial charge is 0.259 e. The SMILES string of the molecule is COC(C)(C(=O)N1CCC(C(=O)NC(C)C)CC1)c1ccccc1. The Balaban J connectivity index is 2.03. The van der Waals surface area contributed by atoms with E-state index in [1.165, 1.54) is 0 Å². The molecule has 132 valence electrons. The first kappa shape index (κ1) is 18.5. The lowest BCUT2D eigenvalue weighted by atomic mass is 9.90. The zero-order valence-corrected chi connectivity index (χ0v) is 15.0. The van der Waals surface area contributed by atoms with Crippen LogP contribution in [-0.4, -0.2) is 43.0 Å². The summed E-state index contributed by atoms with van der Waals surface area (Å²) in [6.07, 6.45) is 1.39. The third kappa shape index (κ3) is 3.96. The molecule has 1 fully saturated rings. The Labute approximate surface area is 144 Å². The molecule has 1 N–H and O–H groups in total. The van der Waals surface area contributed by atoms with Crippen LogP contribution in [0.2, 0.25) is 0 Å². The number of methoxy groups -OCH3 is 1. The van der Waals surface area contributed by atoms with Gasteiger partial charge in [-0.05, 0) is 39.2 Å². The van der Waals surface area contributed by atoms with Crippen LogP contribution in [0.1, 0.15) is 39.2 Å². The molecule has 0 aromatic heterocycles. The van der Waals surface area contributed by atoms with E-state index in [2.05, 4.69) is 5.32 Å². The quantitative estimate of drug-likeness (QED) is 0.900. The van der Waals surface area contributed by atoms with E-state index in [1.54, 1.807) is 7.11 Å². The minimum atomic E-state index is -0.992. The zero-order valence-electron chi connectivity index (χ0n) is 15.0. The highest BCUT2D eigenvalue weighted by Gasteiger charge is 2.40. The van der Waals surface area contributed by atoms with Crippen molar-refractivity contribution >= 4 is 11.8 Å². The summed E-state index contributed by atoms with van der Waals surface area (Å²) >= 11 is 0. The van der Waals surface area contributed by atoms with Gasteiger partial charge in [0.25, 0.3) is 5.91 Å². The summed E-state index contributed by atoms with van der Waals surface area (Å²) < 4.78 is 5.60. The Morgan fingerprint density at radius 1 is 1.21 bits per heavy atom. The fourth-order valence-corrected chi connectivity index (χ4v) is 3.13. The van der Waals surface area contributed by atoms with Gasteiger partial charge in [-0.2, -0.15) is 0 Å². The molecule has 1 heterocycles. The second kappa shape index (κ2) is 7.79. The summed E-state index contributed by atoms with van der Waals surface area (Å²) in [5, 5.41) is 2.96. The molecule has 2 rings (SSSR count). The number of ether oxygens (including phenoxy) is 1. The summed E-state index contributed by atoms with van der Waals surface area (Å²) in [6.45, 7) is 6.89. The van der Waals surface area contributed by atoms with Gasteiger partial charge >= 0.3 is 0 Å². The van der Waals surface area contributed by atoms with Crippen LogP contribution in [0.4, 0.5) is 0 Å². The topological polar surface area (TPSA) is 58.6 Å². The molecule has 1 unspecified atom stereocenters. The lowest BCUT2D eigenvalue weighted by Gasteiger charge is -2.37. The third-order valence-electron chi connectivity index (χ3n) is 4.72. The van der Waals surface area contributed by atoms with E-state index in [0.717, 1.165) is 5.56 Å². The number of hydrogen-bond acceptors (Lipinski definition) is 3. The maximum Gasteiger partial charge on any atom is 0.259 e. The van der Waals surface area contributed by atoms with Crippen LogP contribution in [-0.2, 0) is 19.9 Å². The monoisotopic (exact) mass is 332 g/mol. The lowest BCUT2D eigenvalue weighted by molar-refractivity contribution is -0.156. The van der Waals surface area contributed by atoms with Crippen molar-refractivity contribution in [3.05, 3.63) is 35.9 Å². The van der Waals surface area contributed by atoms with Crippen LogP contribution in [0, 0.1) is 5.92 Å². The highest BCUT2D eigenvalue weighted by Crippen LogP contribution is 2.29. The molecule has 1 saturated heterocycles. The fraction of sp³-hybridized carbons (Fsp3) is 0.579. The normalized spacial score (nSPS) is 18.3. The van der Waals surface area contributed by atoms with Crippen molar-refractivity contribution in [2.75, 3.05) is 20.2 Å². The van der Waals surface area contributed by atoms with E-state index in [0.29, 0.717) is 25.9 Å². The van der Waals surface area contributed by atoms with Gasteiger partial charge in [0.1, 0.15) is 0 Å². The summed E-state index contributed by atoms with van der Waals surface area (Å²) in [5.41, 5.74) is -0.147. The first-order chi connectivity index (χ1) is 11.4. The van der Waals surface area contributed by atoms with Crippen LogP contribution in [0.15, 0.2) is 30.3 Å². The molecule has 1 aliphatic rings. The fourth-order valence-electron chi connectivity index (χ4n) is 3.13. The molecule has 1 aromatic carbocycles. The molecule has 1 aromatic rings. The van der Waals surface area contributed by atoms with Gasteiger partial charge < -0.3 is 15.0 Å². The Morgan fingerprint density at radius 2 is 1.79 bits per heavy atom. The van der Waals surface area contributed by atoms with Gasteiger partial charge in [-0.15, -0.1) is 0 Å². The Hall–Kier alpha value is -1.88. The van der Waals surface area contributed by atoms with Crippen molar-refractivity contribution in [3.8, 4) is 0 Å². The van der Waals surface area contributed by atoms with E-state index in [1.807, 2.05) is 56.0 Å². The minimum absolute atomic E-state index is 0.0121. The third-order valence-corrected chi connectivity index (χ3v) is 4.72. The van der Waals surface area contributed by atoms with Gasteiger partial charge in [0, 0.05) is 32.2 Å². The van der Waals surface area contributed by atoms with Crippen LogP contribution in [0.25, 0.3) is 0 Å². The number of amides is 2. The number of carbonyl (C=O) groups is 2. The number of piperidine rings is 1.